The number of benzene rings is 1. The van der Waals surface area contributed by atoms with Crippen LogP contribution in [0.25, 0.3) is 11.0 Å². The van der Waals surface area contributed by atoms with Gasteiger partial charge >= 0.3 is 146 Å². The molecular formula is C14H15AsClF4N3O3. The second-order valence-corrected chi connectivity index (χ2v) is 7.25. The largest absolute Gasteiger partial charge is 0.147 e. The first-order chi connectivity index (χ1) is 11.8. The molecule has 1 amide bonds. The molecule has 1 aromatic heterocycles. The van der Waals surface area contributed by atoms with E-state index in [9.17, 15) is 27.2 Å². The molecule has 1 unspecified atom stereocenters. The summed E-state index contributed by atoms with van der Waals surface area (Å²) in [6.07, 6.45) is 1.37. The molecule has 2 rings (SSSR count). The van der Waals surface area contributed by atoms with Crippen LogP contribution >= 0.6 is 12.4 Å². The molecule has 0 aliphatic carbocycles. The summed E-state index contributed by atoms with van der Waals surface area (Å²) < 4.78 is 59.1. The Morgan fingerprint density at radius 2 is 1.77 bits per heavy atom. The van der Waals surface area contributed by atoms with Crippen LogP contribution in [-0.2, 0) is 4.74 Å². The van der Waals surface area contributed by atoms with E-state index < -0.39 is 60.8 Å². The Labute approximate surface area is 158 Å². The third-order valence-electron chi connectivity index (χ3n) is 3.28. The number of aromatic nitrogens is 2. The van der Waals surface area contributed by atoms with E-state index in [0.29, 0.717) is 11.0 Å². The van der Waals surface area contributed by atoms with Gasteiger partial charge < -0.3 is 0 Å². The number of fused-ring (bicyclic) bond motifs is 1. The third kappa shape index (κ3) is 4.12. The number of carbonyl (C=O) groups is 2. The van der Waals surface area contributed by atoms with Crippen molar-refractivity contribution in [3.05, 3.63) is 23.3 Å². The number of imidazole rings is 1. The van der Waals surface area contributed by atoms with E-state index in [2.05, 4.69) is 15.0 Å². The Balaban J connectivity index is 0.00000338. The Morgan fingerprint density at radius 1 is 1.15 bits per heavy atom. The van der Waals surface area contributed by atoms with Gasteiger partial charge in [0.25, 0.3) is 0 Å². The zero-order chi connectivity index (χ0) is 18.7. The number of nitrogens with zero attached hydrogens (tertiary/aromatic N) is 2. The quantitative estimate of drug-likeness (QED) is 0.245. The number of ether oxygens (including phenoxy) is 1. The van der Waals surface area contributed by atoms with Gasteiger partial charge in [-0.3, -0.25) is 0 Å². The molecule has 0 aliphatic rings. The summed E-state index contributed by atoms with van der Waals surface area (Å²) in [6, 6.07) is -0.914. The van der Waals surface area contributed by atoms with Crippen molar-refractivity contribution in [2.24, 2.45) is 0 Å². The third-order valence-corrected chi connectivity index (χ3v) is 5.31. The molecule has 0 spiro atoms. The van der Waals surface area contributed by atoms with Gasteiger partial charge in [-0.15, -0.1) is 12.4 Å². The van der Waals surface area contributed by atoms with Gasteiger partial charge in [-0.05, 0) is 0 Å². The Kier molecular flexibility index (Phi) is 7.89. The molecule has 2 aromatic rings. The summed E-state index contributed by atoms with van der Waals surface area (Å²) in [4.78, 5) is 27.5. The van der Waals surface area contributed by atoms with Gasteiger partial charge in [-0.1, -0.05) is 0 Å². The molecule has 0 bridgehead atoms. The summed E-state index contributed by atoms with van der Waals surface area (Å²) in [7, 11) is 1.10. The van der Waals surface area contributed by atoms with Crippen molar-refractivity contribution in [1.29, 1.82) is 0 Å². The van der Waals surface area contributed by atoms with Crippen LogP contribution in [0.2, 0.25) is 0 Å². The van der Waals surface area contributed by atoms with Gasteiger partial charge in [-0.2, -0.15) is 0 Å². The monoisotopic (exact) mass is 459 g/mol. The molecule has 0 aliphatic heterocycles. The van der Waals surface area contributed by atoms with Crippen molar-refractivity contribution in [2.75, 3.05) is 13.7 Å². The van der Waals surface area contributed by atoms with Crippen molar-refractivity contribution < 1.29 is 31.9 Å². The molecule has 144 valence electrons. The molecule has 1 aromatic carbocycles. The van der Waals surface area contributed by atoms with E-state index in [-0.39, 0.29) is 23.6 Å². The van der Waals surface area contributed by atoms with Crippen LogP contribution in [0, 0.1) is 23.3 Å². The molecule has 1 atom stereocenters. The van der Waals surface area contributed by atoms with Crippen LogP contribution in [0.1, 0.15) is 19.8 Å². The average molecular weight is 460 g/mol. The topological polar surface area (TPSA) is 73.2 Å². The van der Waals surface area contributed by atoms with Crippen LogP contribution < -0.4 is 9.93 Å². The van der Waals surface area contributed by atoms with Crippen LogP contribution in [-0.4, -0.2) is 49.7 Å². The number of unbranched alkanes of at least 4 members (excludes halogenated alkanes) is 1. The fourth-order valence-electron chi connectivity index (χ4n) is 2.05. The Hall–Kier alpha value is -1.80. The van der Waals surface area contributed by atoms with Gasteiger partial charge in [0.05, 0.1) is 0 Å². The van der Waals surface area contributed by atoms with E-state index in [0.717, 1.165) is 13.5 Å². The number of halogens is 5. The second-order valence-electron chi connectivity index (χ2n) is 4.93. The maximum absolute atomic E-state index is 14.2. The number of hydrogen-bond donors (Lipinski definition) is 1. The number of rotatable bonds is 5. The first-order valence-corrected chi connectivity index (χ1v) is 9.30. The molecule has 0 saturated carbocycles. The molecule has 1 heterocycles. The fourth-order valence-corrected chi connectivity index (χ4v) is 3.68. The van der Waals surface area contributed by atoms with Crippen LogP contribution in [0.3, 0.4) is 0 Å². The zero-order valence-electron chi connectivity index (χ0n) is 13.7. The Bertz CT molecular complexity index is 847. The summed E-state index contributed by atoms with van der Waals surface area (Å²) >= 11 is -1.91. The van der Waals surface area contributed by atoms with Gasteiger partial charge in [-0.25, -0.2) is 0 Å². The van der Waals surface area contributed by atoms with Crippen molar-refractivity contribution in [3.63, 3.8) is 0 Å². The fraction of sp³-hybridized carbons (Fsp3) is 0.357. The number of hydrogen-bond acceptors (Lipinski definition) is 4. The minimum Gasteiger partial charge on any atom is -0.147 e. The van der Waals surface area contributed by atoms with E-state index in [4.69, 9.17) is 0 Å². The van der Waals surface area contributed by atoms with Crippen molar-refractivity contribution >= 4 is 54.6 Å². The molecule has 12 heteroatoms. The first-order valence-electron chi connectivity index (χ1n) is 7.21. The smallest absolute Gasteiger partial charge is 0.147 e. The second kappa shape index (κ2) is 9.23. The standard InChI is InChI=1S/C14H14AsF4N3O3.ClH/c1-3-4-5-20-14(24)22-11-9(19)7(17)6(16)8(18)10(11)21-12(22)15-13(23)25-2;/h15H,3-5H2,1-2H3,(H,20,24);1H. The molecule has 0 fully saturated rings. The molecule has 0 saturated heterocycles. The summed E-state index contributed by atoms with van der Waals surface area (Å²) in [5.41, 5.74) is -1.71. The van der Waals surface area contributed by atoms with Crippen molar-refractivity contribution in [2.45, 2.75) is 19.8 Å². The predicted molar refractivity (Wildman–Crippen MR) is 89.7 cm³/mol. The number of amides is 1. The van der Waals surface area contributed by atoms with Gasteiger partial charge in [0.2, 0.25) is 0 Å². The molecule has 1 N–H and O–H groups in total. The van der Waals surface area contributed by atoms with E-state index in [1.54, 1.807) is 0 Å². The maximum atomic E-state index is 14.2. The van der Waals surface area contributed by atoms with Gasteiger partial charge in [0, 0.05) is 0 Å². The van der Waals surface area contributed by atoms with Crippen LogP contribution in [0.4, 0.5) is 27.2 Å². The van der Waals surface area contributed by atoms with Gasteiger partial charge in [0.1, 0.15) is 0 Å². The average Bonchev–Trinajstić information content (AvgIpc) is 2.97. The zero-order valence-corrected chi connectivity index (χ0v) is 16.6. The van der Waals surface area contributed by atoms with Crippen LogP contribution in [0.15, 0.2) is 0 Å². The minimum absolute atomic E-state index is 0. The predicted octanol–water partition coefficient (Wildman–Crippen LogP) is 2.20. The normalized spacial score (nSPS) is 11.0. The summed E-state index contributed by atoms with van der Waals surface area (Å²) in [6.45, 7) is 2.10. The van der Waals surface area contributed by atoms with Crippen molar-refractivity contribution in [1.82, 2.24) is 14.9 Å². The van der Waals surface area contributed by atoms with Gasteiger partial charge in [0.15, 0.2) is 0 Å². The van der Waals surface area contributed by atoms with Crippen molar-refractivity contribution in [3.8, 4) is 0 Å². The summed E-state index contributed by atoms with van der Waals surface area (Å²) in [5.74, 6) is -7.58. The van der Waals surface area contributed by atoms with E-state index >= 15 is 0 Å². The number of carbonyl (C=O) groups excluding carboxylic acids is 2. The molecular weight excluding hydrogens is 445 g/mol. The number of nitrogens with one attached hydrogen (secondary N) is 1. The molecule has 0 radical (unpaired) electrons. The SMILES string of the molecule is CCCCNC(=O)n1c([AsH]C(=O)OC)nc2c(F)c(F)c(F)c(F)c21.Cl. The Morgan fingerprint density at radius 3 is 2.35 bits per heavy atom. The minimum atomic E-state index is -2.06. The number of methoxy groups -OCH3 is 1. The van der Waals surface area contributed by atoms with E-state index in [1.165, 1.54) is 0 Å². The first kappa shape index (κ1) is 22.2. The molecule has 6 nitrogen and oxygen atoms in total. The molecule has 26 heavy (non-hydrogen) atoms. The van der Waals surface area contributed by atoms with Crippen LogP contribution in [0.5, 0.6) is 0 Å². The maximum Gasteiger partial charge on any atom is -0.147 e. The van der Waals surface area contributed by atoms with E-state index in [1.807, 2.05) is 6.92 Å². The summed E-state index contributed by atoms with van der Waals surface area (Å²) in [5, 5.41) is 2.44.